The van der Waals surface area contributed by atoms with Crippen molar-refractivity contribution >= 4 is 15.9 Å². The molecule has 0 bridgehead atoms. The van der Waals surface area contributed by atoms with Gasteiger partial charge in [-0.2, -0.15) is 0 Å². The minimum atomic E-state index is 0.175. The first-order chi connectivity index (χ1) is 7.72. The third kappa shape index (κ3) is 2.30. The zero-order valence-corrected chi connectivity index (χ0v) is 11.2. The molecule has 0 aliphatic carbocycles. The van der Waals surface area contributed by atoms with Crippen LogP contribution in [0.3, 0.4) is 0 Å². The van der Waals surface area contributed by atoms with Gasteiger partial charge in [-0.25, -0.2) is 0 Å². The van der Waals surface area contributed by atoms with Gasteiger partial charge in [0.25, 0.3) is 0 Å². The second-order valence-electron chi connectivity index (χ2n) is 3.97. The number of ether oxygens (including phenoxy) is 1. The summed E-state index contributed by atoms with van der Waals surface area (Å²) in [5.74, 6) is 1.05. The SMILES string of the molecule is CNC(C1=CCCO1)c1ccc(Br)c(C)c1. The molecule has 0 saturated heterocycles. The number of rotatable bonds is 3. The Labute approximate surface area is 105 Å². The van der Waals surface area contributed by atoms with Crippen molar-refractivity contribution in [2.75, 3.05) is 13.7 Å². The molecule has 0 amide bonds. The van der Waals surface area contributed by atoms with Crippen molar-refractivity contribution in [3.8, 4) is 0 Å². The van der Waals surface area contributed by atoms with Gasteiger partial charge in [-0.05, 0) is 37.2 Å². The highest BCUT2D eigenvalue weighted by atomic mass is 79.9. The molecule has 2 rings (SSSR count). The smallest absolute Gasteiger partial charge is 0.114 e. The van der Waals surface area contributed by atoms with Crippen LogP contribution >= 0.6 is 15.9 Å². The number of hydrogen-bond acceptors (Lipinski definition) is 2. The highest BCUT2D eigenvalue weighted by Gasteiger charge is 2.19. The quantitative estimate of drug-likeness (QED) is 0.918. The van der Waals surface area contributed by atoms with Crippen molar-refractivity contribution in [3.63, 3.8) is 0 Å². The third-order valence-corrected chi connectivity index (χ3v) is 3.71. The van der Waals surface area contributed by atoms with E-state index in [1.807, 2.05) is 7.05 Å². The third-order valence-electron chi connectivity index (χ3n) is 2.82. The predicted octanol–water partition coefficient (Wildman–Crippen LogP) is 3.32. The van der Waals surface area contributed by atoms with Gasteiger partial charge in [-0.1, -0.05) is 28.1 Å². The summed E-state index contributed by atoms with van der Waals surface area (Å²) >= 11 is 3.52. The molecule has 0 spiro atoms. The second kappa shape index (κ2) is 5.02. The van der Waals surface area contributed by atoms with Crippen molar-refractivity contribution in [2.24, 2.45) is 0 Å². The van der Waals surface area contributed by atoms with Crippen LogP contribution in [0.15, 0.2) is 34.5 Å². The summed E-state index contributed by atoms with van der Waals surface area (Å²) in [6.45, 7) is 2.91. The summed E-state index contributed by atoms with van der Waals surface area (Å²) in [4.78, 5) is 0. The van der Waals surface area contributed by atoms with Gasteiger partial charge in [0, 0.05) is 10.9 Å². The fraction of sp³-hybridized carbons (Fsp3) is 0.385. The topological polar surface area (TPSA) is 21.3 Å². The number of benzene rings is 1. The average Bonchev–Trinajstić information content (AvgIpc) is 2.78. The van der Waals surface area contributed by atoms with Crippen LogP contribution in [0, 0.1) is 6.92 Å². The summed E-state index contributed by atoms with van der Waals surface area (Å²) in [5, 5.41) is 3.30. The Balaban J connectivity index is 2.29. The van der Waals surface area contributed by atoms with Crippen molar-refractivity contribution in [2.45, 2.75) is 19.4 Å². The monoisotopic (exact) mass is 281 g/mol. The predicted molar refractivity (Wildman–Crippen MR) is 69.3 cm³/mol. The lowest BCUT2D eigenvalue weighted by Crippen LogP contribution is -2.19. The molecule has 16 heavy (non-hydrogen) atoms. The van der Waals surface area contributed by atoms with Crippen LogP contribution in [0.2, 0.25) is 0 Å². The van der Waals surface area contributed by atoms with E-state index in [1.165, 1.54) is 11.1 Å². The maximum Gasteiger partial charge on any atom is 0.114 e. The van der Waals surface area contributed by atoms with Crippen LogP contribution in [0.4, 0.5) is 0 Å². The number of nitrogens with one attached hydrogen (secondary N) is 1. The molecule has 0 fully saturated rings. The molecule has 0 saturated carbocycles. The van der Waals surface area contributed by atoms with Gasteiger partial charge < -0.3 is 10.1 Å². The Bertz CT molecular complexity index is 414. The normalized spacial score (nSPS) is 16.8. The van der Waals surface area contributed by atoms with E-state index in [0.717, 1.165) is 23.3 Å². The van der Waals surface area contributed by atoms with Crippen LogP contribution in [0.1, 0.15) is 23.6 Å². The molecule has 86 valence electrons. The first kappa shape index (κ1) is 11.7. The highest BCUT2D eigenvalue weighted by molar-refractivity contribution is 9.10. The van der Waals surface area contributed by atoms with Crippen LogP contribution < -0.4 is 5.32 Å². The van der Waals surface area contributed by atoms with E-state index in [9.17, 15) is 0 Å². The molecular weight excluding hydrogens is 266 g/mol. The van der Waals surface area contributed by atoms with Crippen molar-refractivity contribution in [1.82, 2.24) is 5.32 Å². The van der Waals surface area contributed by atoms with Gasteiger partial charge in [0.15, 0.2) is 0 Å². The first-order valence-corrected chi connectivity index (χ1v) is 6.28. The van der Waals surface area contributed by atoms with Gasteiger partial charge in [0.1, 0.15) is 5.76 Å². The summed E-state index contributed by atoms with van der Waals surface area (Å²) in [5.41, 5.74) is 2.49. The molecule has 1 aromatic rings. The molecule has 1 aromatic carbocycles. The Kier molecular flexibility index (Phi) is 3.66. The summed E-state index contributed by atoms with van der Waals surface area (Å²) in [6.07, 6.45) is 3.18. The zero-order chi connectivity index (χ0) is 11.5. The van der Waals surface area contributed by atoms with Crippen molar-refractivity contribution in [1.29, 1.82) is 0 Å². The van der Waals surface area contributed by atoms with Gasteiger partial charge in [0.2, 0.25) is 0 Å². The van der Waals surface area contributed by atoms with E-state index in [-0.39, 0.29) is 6.04 Å². The minimum Gasteiger partial charge on any atom is -0.496 e. The largest absolute Gasteiger partial charge is 0.496 e. The molecule has 1 aliphatic heterocycles. The minimum absolute atomic E-state index is 0.175. The molecule has 1 unspecified atom stereocenters. The maximum atomic E-state index is 5.62. The standard InChI is InChI=1S/C13H16BrNO/c1-9-8-10(5-6-11(9)14)13(15-2)12-4-3-7-16-12/h4-6,8,13,15H,3,7H2,1-2H3. The first-order valence-electron chi connectivity index (χ1n) is 5.48. The summed E-state index contributed by atoms with van der Waals surface area (Å²) in [6, 6.07) is 6.58. The molecule has 1 heterocycles. The Morgan fingerprint density at radius 3 is 2.81 bits per heavy atom. The summed E-state index contributed by atoms with van der Waals surface area (Å²) in [7, 11) is 1.96. The lowest BCUT2D eigenvalue weighted by Gasteiger charge is -2.18. The molecule has 3 heteroatoms. The Morgan fingerprint density at radius 2 is 2.25 bits per heavy atom. The van der Waals surface area contributed by atoms with Crippen LogP contribution in [0.25, 0.3) is 0 Å². The molecule has 2 nitrogen and oxygen atoms in total. The maximum absolute atomic E-state index is 5.62. The number of hydrogen-bond donors (Lipinski definition) is 1. The summed E-state index contributed by atoms with van der Waals surface area (Å²) < 4.78 is 6.76. The van der Waals surface area contributed by atoms with Gasteiger partial charge in [0.05, 0.1) is 12.6 Å². The molecule has 1 aliphatic rings. The lowest BCUT2D eigenvalue weighted by molar-refractivity contribution is 0.218. The molecule has 1 atom stereocenters. The Morgan fingerprint density at radius 1 is 1.44 bits per heavy atom. The average molecular weight is 282 g/mol. The molecular formula is C13H16BrNO. The van der Waals surface area contributed by atoms with Crippen molar-refractivity contribution < 1.29 is 4.74 Å². The van der Waals surface area contributed by atoms with Crippen LogP contribution in [-0.2, 0) is 4.74 Å². The number of halogens is 1. The van der Waals surface area contributed by atoms with E-state index in [1.54, 1.807) is 0 Å². The number of aryl methyl sites for hydroxylation is 1. The van der Waals surface area contributed by atoms with E-state index >= 15 is 0 Å². The van der Waals surface area contributed by atoms with Gasteiger partial charge in [-0.3, -0.25) is 0 Å². The zero-order valence-electron chi connectivity index (χ0n) is 9.59. The van der Waals surface area contributed by atoms with Gasteiger partial charge >= 0.3 is 0 Å². The highest BCUT2D eigenvalue weighted by Crippen LogP contribution is 2.28. The van der Waals surface area contributed by atoms with E-state index in [0.29, 0.717) is 0 Å². The fourth-order valence-electron chi connectivity index (χ4n) is 1.96. The van der Waals surface area contributed by atoms with Crippen LogP contribution in [-0.4, -0.2) is 13.7 Å². The van der Waals surface area contributed by atoms with E-state index < -0.39 is 0 Å². The molecule has 0 aromatic heterocycles. The fourth-order valence-corrected chi connectivity index (χ4v) is 2.21. The Hall–Kier alpha value is -0.800. The second-order valence-corrected chi connectivity index (χ2v) is 4.83. The number of likely N-dealkylation sites (N-methyl/N-ethyl adjacent to an activating group) is 1. The molecule has 1 N–H and O–H groups in total. The van der Waals surface area contributed by atoms with Crippen molar-refractivity contribution in [3.05, 3.63) is 45.6 Å². The van der Waals surface area contributed by atoms with Gasteiger partial charge in [-0.15, -0.1) is 0 Å². The molecule has 0 radical (unpaired) electrons. The van der Waals surface area contributed by atoms with E-state index in [4.69, 9.17) is 4.74 Å². The lowest BCUT2D eigenvalue weighted by atomic mass is 10.0. The van der Waals surface area contributed by atoms with Crippen LogP contribution in [0.5, 0.6) is 0 Å². The van der Waals surface area contributed by atoms with E-state index in [2.05, 4.69) is 52.4 Å².